The fourth-order valence-corrected chi connectivity index (χ4v) is 4.47. The van der Waals surface area contributed by atoms with Crippen molar-refractivity contribution in [3.05, 3.63) is 70.2 Å². The van der Waals surface area contributed by atoms with Gasteiger partial charge in [0.05, 0.1) is 19.9 Å². The highest BCUT2D eigenvalue weighted by Crippen LogP contribution is 2.31. The van der Waals surface area contributed by atoms with Gasteiger partial charge in [0.2, 0.25) is 0 Å². The molecule has 0 atom stereocenters. The zero-order valence-electron chi connectivity index (χ0n) is 16.9. The number of carbonyl (C=O) groups is 1. The molecule has 6 nitrogen and oxygen atoms in total. The standard InChI is InChI=1S/C22H23N3O3S.ClH/c1-27-18-9-8-16(12-19(18)28-2)21(26)24-22-23-17-10-11-25(14-20(17)29-22)13-15-6-4-3-5-7-15;/h3-9,12H,10-11,13-14H2,1-2H3,(H,23,24,26);1H. The van der Waals surface area contributed by atoms with Crippen molar-refractivity contribution in [1.82, 2.24) is 9.88 Å². The second kappa shape index (κ2) is 9.93. The number of benzene rings is 2. The molecule has 1 aromatic heterocycles. The van der Waals surface area contributed by atoms with Crippen LogP contribution in [0.25, 0.3) is 0 Å². The first-order chi connectivity index (χ1) is 14.2. The lowest BCUT2D eigenvalue weighted by Gasteiger charge is -2.25. The van der Waals surface area contributed by atoms with Crippen LogP contribution in [0.3, 0.4) is 0 Å². The van der Waals surface area contributed by atoms with Crippen LogP contribution in [0.2, 0.25) is 0 Å². The first kappa shape index (κ1) is 22.1. The van der Waals surface area contributed by atoms with E-state index in [0.29, 0.717) is 22.2 Å². The number of methoxy groups -OCH3 is 2. The summed E-state index contributed by atoms with van der Waals surface area (Å²) >= 11 is 1.55. The molecule has 0 saturated heterocycles. The van der Waals surface area contributed by atoms with E-state index >= 15 is 0 Å². The number of halogens is 1. The Morgan fingerprint density at radius 1 is 1.13 bits per heavy atom. The third-order valence-electron chi connectivity index (χ3n) is 4.93. The zero-order valence-corrected chi connectivity index (χ0v) is 18.5. The molecule has 4 rings (SSSR count). The molecule has 3 aromatic rings. The second-order valence-corrected chi connectivity index (χ2v) is 7.94. The van der Waals surface area contributed by atoms with Crippen molar-refractivity contribution in [1.29, 1.82) is 0 Å². The minimum Gasteiger partial charge on any atom is -0.493 e. The number of anilines is 1. The van der Waals surface area contributed by atoms with Gasteiger partial charge < -0.3 is 9.47 Å². The van der Waals surface area contributed by atoms with Gasteiger partial charge in [-0.15, -0.1) is 23.7 Å². The van der Waals surface area contributed by atoms with E-state index < -0.39 is 0 Å². The van der Waals surface area contributed by atoms with Gasteiger partial charge >= 0.3 is 0 Å². The van der Waals surface area contributed by atoms with E-state index in [9.17, 15) is 4.79 Å². The molecule has 158 valence electrons. The number of aromatic nitrogens is 1. The number of fused-ring (bicyclic) bond motifs is 1. The number of nitrogens with zero attached hydrogens (tertiary/aromatic N) is 2. The van der Waals surface area contributed by atoms with Gasteiger partial charge in [0, 0.05) is 36.5 Å². The third-order valence-corrected chi connectivity index (χ3v) is 5.92. The Hall–Kier alpha value is -2.61. The van der Waals surface area contributed by atoms with Gasteiger partial charge in [-0.2, -0.15) is 0 Å². The van der Waals surface area contributed by atoms with Crippen molar-refractivity contribution in [2.24, 2.45) is 0 Å². The van der Waals surface area contributed by atoms with Crippen LogP contribution in [0, 0.1) is 0 Å². The summed E-state index contributed by atoms with van der Waals surface area (Å²) in [5.41, 5.74) is 2.89. The average Bonchev–Trinajstić information content (AvgIpc) is 3.15. The molecule has 1 amide bonds. The van der Waals surface area contributed by atoms with Gasteiger partial charge in [-0.25, -0.2) is 4.98 Å². The molecule has 1 aliphatic heterocycles. The van der Waals surface area contributed by atoms with Crippen molar-refractivity contribution >= 4 is 34.8 Å². The van der Waals surface area contributed by atoms with E-state index in [-0.39, 0.29) is 18.3 Å². The lowest BCUT2D eigenvalue weighted by Crippen LogP contribution is -2.29. The zero-order chi connectivity index (χ0) is 20.2. The van der Waals surface area contributed by atoms with Crippen molar-refractivity contribution in [3.63, 3.8) is 0 Å². The summed E-state index contributed by atoms with van der Waals surface area (Å²) in [6.07, 6.45) is 0.894. The van der Waals surface area contributed by atoms with Crippen LogP contribution in [0.4, 0.5) is 5.13 Å². The predicted molar refractivity (Wildman–Crippen MR) is 121 cm³/mol. The minimum absolute atomic E-state index is 0. The van der Waals surface area contributed by atoms with Gasteiger partial charge in [0.1, 0.15) is 0 Å². The summed E-state index contributed by atoms with van der Waals surface area (Å²) in [6.45, 7) is 2.74. The first-order valence-corrected chi connectivity index (χ1v) is 10.3. The van der Waals surface area contributed by atoms with E-state index in [4.69, 9.17) is 9.47 Å². The lowest BCUT2D eigenvalue weighted by molar-refractivity contribution is 0.102. The molecule has 1 aliphatic rings. The number of carbonyl (C=O) groups excluding carboxylic acids is 1. The van der Waals surface area contributed by atoms with Gasteiger partial charge in [0.15, 0.2) is 16.6 Å². The van der Waals surface area contributed by atoms with Gasteiger partial charge in [-0.3, -0.25) is 15.0 Å². The smallest absolute Gasteiger partial charge is 0.257 e. The molecular weight excluding hydrogens is 422 g/mol. The number of ether oxygens (including phenoxy) is 2. The van der Waals surface area contributed by atoms with E-state index in [1.807, 2.05) is 6.07 Å². The molecule has 0 bridgehead atoms. The Morgan fingerprint density at radius 3 is 2.63 bits per heavy atom. The number of rotatable bonds is 6. The highest BCUT2D eigenvalue weighted by atomic mass is 35.5. The Balaban J connectivity index is 0.00000256. The predicted octanol–water partition coefficient (Wildman–Crippen LogP) is 4.39. The molecule has 2 aromatic carbocycles. The molecule has 1 N–H and O–H groups in total. The number of hydrogen-bond acceptors (Lipinski definition) is 6. The Bertz CT molecular complexity index is 1010. The van der Waals surface area contributed by atoms with Crippen molar-refractivity contribution in [3.8, 4) is 11.5 Å². The Labute approximate surface area is 186 Å². The molecule has 2 heterocycles. The SMILES string of the molecule is COc1ccc(C(=O)Nc2nc3c(s2)CN(Cc2ccccc2)CC3)cc1OC.Cl. The van der Waals surface area contributed by atoms with Crippen LogP contribution in [0.5, 0.6) is 11.5 Å². The summed E-state index contributed by atoms with van der Waals surface area (Å²) in [6, 6.07) is 15.6. The molecule has 0 spiro atoms. The number of hydrogen-bond donors (Lipinski definition) is 1. The summed E-state index contributed by atoms with van der Waals surface area (Å²) in [5, 5.41) is 3.56. The Morgan fingerprint density at radius 2 is 1.90 bits per heavy atom. The number of nitrogens with one attached hydrogen (secondary N) is 1. The maximum Gasteiger partial charge on any atom is 0.257 e. The molecule has 8 heteroatoms. The van der Waals surface area contributed by atoms with Crippen molar-refractivity contribution < 1.29 is 14.3 Å². The largest absolute Gasteiger partial charge is 0.493 e. The maximum atomic E-state index is 12.6. The summed E-state index contributed by atoms with van der Waals surface area (Å²) in [7, 11) is 3.12. The molecule has 0 unspecified atom stereocenters. The lowest BCUT2D eigenvalue weighted by atomic mass is 10.1. The van der Waals surface area contributed by atoms with Crippen molar-refractivity contribution in [2.45, 2.75) is 19.5 Å². The highest BCUT2D eigenvalue weighted by molar-refractivity contribution is 7.15. The third kappa shape index (κ3) is 4.92. The molecule has 0 aliphatic carbocycles. The second-order valence-electron chi connectivity index (χ2n) is 6.86. The van der Waals surface area contributed by atoms with Crippen LogP contribution in [0.15, 0.2) is 48.5 Å². The molecule has 0 fully saturated rings. The topological polar surface area (TPSA) is 63.7 Å². The van der Waals surface area contributed by atoms with Crippen LogP contribution in [-0.2, 0) is 19.5 Å². The quantitative estimate of drug-likeness (QED) is 0.609. The van der Waals surface area contributed by atoms with E-state index in [0.717, 1.165) is 31.7 Å². The monoisotopic (exact) mass is 445 g/mol. The molecular formula is C22H24ClN3O3S. The number of thiazole rings is 1. The number of amides is 1. The summed E-state index contributed by atoms with van der Waals surface area (Å²) < 4.78 is 10.5. The van der Waals surface area contributed by atoms with Gasteiger partial charge in [-0.05, 0) is 23.8 Å². The maximum absolute atomic E-state index is 12.6. The normalized spacial score (nSPS) is 13.1. The molecule has 30 heavy (non-hydrogen) atoms. The van der Waals surface area contributed by atoms with E-state index in [2.05, 4.69) is 39.5 Å². The summed E-state index contributed by atoms with van der Waals surface area (Å²) in [4.78, 5) is 20.9. The summed E-state index contributed by atoms with van der Waals surface area (Å²) in [5.74, 6) is 0.903. The Kier molecular flexibility index (Phi) is 7.31. The molecule has 0 radical (unpaired) electrons. The van der Waals surface area contributed by atoms with Gasteiger partial charge in [0.25, 0.3) is 5.91 Å². The fraction of sp³-hybridized carbons (Fsp3) is 0.273. The van der Waals surface area contributed by atoms with E-state index in [1.54, 1.807) is 43.8 Å². The molecule has 0 saturated carbocycles. The van der Waals surface area contributed by atoms with E-state index in [1.165, 1.54) is 10.4 Å². The van der Waals surface area contributed by atoms with Crippen LogP contribution in [-0.4, -0.2) is 36.6 Å². The fourth-order valence-electron chi connectivity index (χ4n) is 3.43. The highest BCUT2D eigenvalue weighted by Gasteiger charge is 2.22. The average molecular weight is 446 g/mol. The minimum atomic E-state index is -0.210. The van der Waals surface area contributed by atoms with Crippen LogP contribution >= 0.6 is 23.7 Å². The van der Waals surface area contributed by atoms with Gasteiger partial charge in [-0.1, -0.05) is 30.3 Å². The van der Waals surface area contributed by atoms with Crippen LogP contribution < -0.4 is 14.8 Å². The first-order valence-electron chi connectivity index (χ1n) is 9.44. The van der Waals surface area contributed by atoms with Crippen molar-refractivity contribution in [2.75, 3.05) is 26.1 Å². The van der Waals surface area contributed by atoms with Crippen LogP contribution in [0.1, 0.15) is 26.5 Å².